The molecule has 2 nitrogen and oxygen atoms in total. The van der Waals surface area contributed by atoms with Gasteiger partial charge < -0.3 is 10.2 Å². The molecule has 0 fully saturated rings. The molecule has 0 saturated heterocycles. The van der Waals surface area contributed by atoms with Gasteiger partial charge in [-0.1, -0.05) is 26.7 Å². The Hall–Kier alpha value is -0.926. The van der Waals surface area contributed by atoms with Crippen molar-refractivity contribution in [3.05, 3.63) is 72.8 Å². The van der Waals surface area contributed by atoms with Crippen molar-refractivity contribution in [3.63, 3.8) is 0 Å². The molecule has 0 aliphatic carbocycles. The van der Waals surface area contributed by atoms with E-state index in [0.717, 1.165) is 25.7 Å². The van der Waals surface area contributed by atoms with Crippen molar-refractivity contribution >= 4 is 0 Å². The van der Waals surface area contributed by atoms with Crippen LogP contribution in [0.25, 0.3) is 0 Å². The molecule has 0 aliphatic rings. The number of aliphatic hydroxyl groups excluding tert-OH is 2. The van der Waals surface area contributed by atoms with Gasteiger partial charge in [0.05, 0.1) is 0 Å². The number of unbranched alkanes of at least 4 members (excludes halogenated alkanes) is 2. The molecule has 0 aromatic heterocycles. The van der Waals surface area contributed by atoms with E-state index in [-0.39, 0.29) is 21.7 Å². The van der Waals surface area contributed by atoms with E-state index in [0.29, 0.717) is 13.2 Å². The van der Waals surface area contributed by atoms with Gasteiger partial charge in [-0.3, -0.25) is 0 Å². The Morgan fingerprint density at radius 3 is 0.957 bits per heavy atom. The zero-order valence-electron chi connectivity index (χ0n) is 14.4. The van der Waals surface area contributed by atoms with E-state index < -0.39 is 0 Å². The van der Waals surface area contributed by atoms with Crippen molar-refractivity contribution in [1.29, 1.82) is 0 Å². The second kappa shape index (κ2) is 29.1. The van der Waals surface area contributed by atoms with Crippen LogP contribution in [0.3, 0.4) is 0 Å². The zero-order valence-corrected chi connectivity index (χ0v) is 16.0. The fraction of sp³-hybridized carbons (Fsp3) is 0.400. The number of rotatable bonds is 4. The molecule has 0 amide bonds. The van der Waals surface area contributed by atoms with Crippen LogP contribution < -0.4 is 0 Å². The first-order valence-electron chi connectivity index (χ1n) is 7.87. The van der Waals surface area contributed by atoms with Crippen LogP contribution in [0.15, 0.2) is 60.7 Å². The maximum atomic E-state index is 8.07. The number of hydrogen-bond acceptors (Lipinski definition) is 2. The van der Waals surface area contributed by atoms with E-state index in [9.17, 15) is 0 Å². The molecule has 0 spiro atoms. The third kappa shape index (κ3) is 33.7. The van der Waals surface area contributed by atoms with Gasteiger partial charge in [0.2, 0.25) is 0 Å². The molecule has 0 aliphatic heterocycles. The van der Waals surface area contributed by atoms with E-state index in [2.05, 4.69) is 26.0 Å². The predicted octanol–water partition coefficient (Wildman–Crippen LogP) is 4.53. The molecular formula is C20H30O2Ti. The quantitative estimate of drug-likeness (QED) is 0.628. The van der Waals surface area contributed by atoms with Gasteiger partial charge >= 0.3 is 21.7 Å². The van der Waals surface area contributed by atoms with Crippen LogP contribution in [0.5, 0.6) is 0 Å². The van der Waals surface area contributed by atoms with Gasteiger partial charge in [-0.2, -0.15) is 72.8 Å². The van der Waals surface area contributed by atoms with E-state index in [4.69, 9.17) is 10.2 Å². The van der Waals surface area contributed by atoms with Crippen LogP contribution in [-0.4, -0.2) is 23.4 Å². The summed E-state index contributed by atoms with van der Waals surface area (Å²) in [6, 6.07) is 25.0. The Balaban J connectivity index is -0.000000230. The molecule has 3 heteroatoms. The molecular weight excluding hydrogens is 320 g/mol. The van der Waals surface area contributed by atoms with Gasteiger partial charge in [-0.25, -0.2) is 0 Å². The molecule has 0 heterocycles. The first-order chi connectivity index (χ1) is 10.8. The van der Waals surface area contributed by atoms with Crippen molar-refractivity contribution in [2.75, 3.05) is 13.2 Å². The Morgan fingerprint density at radius 2 is 0.913 bits per heavy atom. The first-order valence-corrected chi connectivity index (χ1v) is 7.87. The summed E-state index contributed by atoms with van der Waals surface area (Å²) in [4.78, 5) is 0. The first kappa shape index (κ1) is 26.9. The minimum atomic E-state index is 0. The molecule has 0 unspecified atom stereocenters. The summed E-state index contributed by atoms with van der Waals surface area (Å²) in [6.07, 6.45) is 4.08. The Morgan fingerprint density at radius 1 is 0.609 bits per heavy atom. The minimum absolute atomic E-state index is 0. The number of aliphatic hydroxyl groups is 2. The Labute approximate surface area is 157 Å². The molecule has 0 atom stereocenters. The number of hydrogen-bond donors (Lipinski definition) is 2. The van der Waals surface area contributed by atoms with Gasteiger partial charge in [0, 0.05) is 13.2 Å². The third-order valence-electron chi connectivity index (χ3n) is 2.24. The summed E-state index contributed by atoms with van der Waals surface area (Å²) < 4.78 is 0. The van der Waals surface area contributed by atoms with Crippen molar-refractivity contribution in [1.82, 2.24) is 0 Å². The van der Waals surface area contributed by atoms with Crippen molar-refractivity contribution in [2.45, 2.75) is 39.5 Å². The monoisotopic (exact) mass is 350 g/mol. The fourth-order valence-electron chi connectivity index (χ4n) is 1.00. The molecule has 2 N–H and O–H groups in total. The summed E-state index contributed by atoms with van der Waals surface area (Å²) in [5, 5.41) is 16.1. The molecule has 2 aromatic carbocycles. The van der Waals surface area contributed by atoms with Crippen LogP contribution in [0.4, 0.5) is 0 Å². The summed E-state index contributed by atoms with van der Waals surface area (Å²) >= 11 is 0. The molecule has 0 bridgehead atoms. The second-order valence-electron chi connectivity index (χ2n) is 4.31. The molecule has 126 valence electrons. The van der Waals surface area contributed by atoms with Gasteiger partial charge in [-0.15, -0.1) is 0 Å². The van der Waals surface area contributed by atoms with Crippen molar-refractivity contribution in [3.8, 4) is 0 Å². The minimum Gasteiger partial charge on any atom is -0.396 e. The van der Waals surface area contributed by atoms with Crippen LogP contribution in [0.1, 0.15) is 39.5 Å². The maximum Gasteiger partial charge on any atom is 2.00 e. The number of benzene rings is 2. The summed E-state index contributed by atoms with van der Waals surface area (Å²) in [5.41, 5.74) is 0. The third-order valence-corrected chi connectivity index (χ3v) is 2.24. The van der Waals surface area contributed by atoms with E-state index >= 15 is 0 Å². The largest absolute Gasteiger partial charge is 2.00 e. The van der Waals surface area contributed by atoms with Crippen LogP contribution in [0.2, 0.25) is 0 Å². The summed E-state index contributed by atoms with van der Waals surface area (Å²) in [6.45, 7) is 4.79. The van der Waals surface area contributed by atoms with E-state index in [1.807, 2.05) is 60.7 Å². The van der Waals surface area contributed by atoms with Crippen LogP contribution in [0, 0.1) is 12.1 Å². The second-order valence-corrected chi connectivity index (χ2v) is 4.31. The fourth-order valence-corrected chi connectivity index (χ4v) is 1.00. The summed E-state index contributed by atoms with van der Waals surface area (Å²) in [5.74, 6) is 0. The smallest absolute Gasteiger partial charge is 0.396 e. The predicted molar refractivity (Wildman–Crippen MR) is 94.5 cm³/mol. The molecule has 0 radical (unpaired) electrons. The van der Waals surface area contributed by atoms with Crippen LogP contribution >= 0.6 is 0 Å². The summed E-state index contributed by atoms with van der Waals surface area (Å²) in [7, 11) is 0. The standard InChI is InChI=1S/2C6H5.2C4H10O.Ti/c2*1-2-4-6-5-3-1;2*1-2-3-4-5;/h2*1-5H;2*5H,2-4H2,1H3;/q2*-1;;;+2. The Bertz CT molecular complexity index is 260. The van der Waals surface area contributed by atoms with Crippen LogP contribution in [-0.2, 0) is 21.7 Å². The average Bonchev–Trinajstić information content (AvgIpc) is 2.61. The molecule has 2 aromatic rings. The zero-order chi connectivity index (χ0) is 16.7. The van der Waals surface area contributed by atoms with E-state index in [1.54, 1.807) is 0 Å². The molecule has 23 heavy (non-hydrogen) atoms. The maximum absolute atomic E-state index is 8.07. The normalized spacial score (nSPS) is 7.83. The van der Waals surface area contributed by atoms with Gasteiger partial charge in [0.15, 0.2) is 0 Å². The topological polar surface area (TPSA) is 40.5 Å². The van der Waals surface area contributed by atoms with Gasteiger partial charge in [0.25, 0.3) is 0 Å². The SMILES string of the molecule is CCCCO.CCCCO.[Ti+2].[c-]1ccccc1.[c-]1ccccc1. The Kier molecular flexibility index (Phi) is 34.1. The van der Waals surface area contributed by atoms with Crippen molar-refractivity contribution < 1.29 is 31.9 Å². The van der Waals surface area contributed by atoms with Crippen molar-refractivity contribution in [2.24, 2.45) is 0 Å². The molecule has 2 rings (SSSR count). The van der Waals surface area contributed by atoms with E-state index in [1.165, 1.54) is 0 Å². The molecule has 0 saturated carbocycles. The van der Waals surface area contributed by atoms with Gasteiger partial charge in [-0.05, 0) is 12.8 Å². The van der Waals surface area contributed by atoms with Gasteiger partial charge in [0.1, 0.15) is 0 Å². The average molecular weight is 350 g/mol.